The molecule has 1 atom stereocenters. The molecule has 0 aliphatic heterocycles. The molecule has 0 unspecified atom stereocenters. The van der Waals surface area contributed by atoms with Gasteiger partial charge in [0.25, 0.3) is 10.0 Å². The van der Waals surface area contributed by atoms with Gasteiger partial charge in [-0.1, -0.05) is 78.3 Å². The number of benzene rings is 3. The van der Waals surface area contributed by atoms with Crippen LogP contribution in [-0.4, -0.2) is 43.8 Å². The number of anilines is 1. The maximum absolute atomic E-state index is 14.3. The first-order chi connectivity index (χ1) is 20.4. The molecule has 1 fully saturated rings. The fourth-order valence-electron chi connectivity index (χ4n) is 5.37. The van der Waals surface area contributed by atoms with Crippen LogP contribution in [0.3, 0.4) is 0 Å². The molecule has 7 nitrogen and oxygen atoms in total. The van der Waals surface area contributed by atoms with E-state index in [0.717, 1.165) is 35.6 Å². The van der Waals surface area contributed by atoms with Crippen molar-refractivity contribution in [3.05, 3.63) is 92.4 Å². The molecule has 2 amide bonds. The number of nitrogens with one attached hydrogen (secondary N) is 1. The third kappa shape index (κ3) is 8.04. The molecule has 0 radical (unpaired) electrons. The van der Waals surface area contributed by atoms with E-state index >= 15 is 0 Å². The fraction of sp³-hybridized carbons (Fsp3) is 0.375. The first-order valence-corrected chi connectivity index (χ1v) is 16.9. The zero-order valence-corrected chi connectivity index (χ0v) is 27.5. The molecule has 3 aromatic carbocycles. The van der Waals surface area contributed by atoms with Crippen molar-refractivity contribution in [3.8, 4) is 0 Å². The summed E-state index contributed by atoms with van der Waals surface area (Å²) in [5, 5.41) is 4.32. The molecular weight excluding hydrogens is 629 g/mol. The predicted octanol–water partition coefficient (Wildman–Crippen LogP) is 7.33. The summed E-state index contributed by atoms with van der Waals surface area (Å²) in [5.41, 5.74) is 2.37. The highest BCUT2D eigenvalue weighted by Gasteiger charge is 2.35. The quantitative estimate of drug-likeness (QED) is 0.233. The Labute approximate surface area is 269 Å². The number of halogens is 3. The largest absolute Gasteiger partial charge is 0.352 e. The second kappa shape index (κ2) is 14.3. The lowest BCUT2D eigenvalue weighted by atomic mass is 10.1. The third-order valence-electron chi connectivity index (χ3n) is 7.76. The van der Waals surface area contributed by atoms with E-state index in [0.29, 0.717) is 38.3 Å². The molecule has 43 heavy (non-hydrogen) atoms. The lowest BCUT2D eigenvalue weighted by Gasteiger charge is -2.34. The van der Waals surface area contributed by atoms with Gasteiger partial charge in [-0.15, -0.1) is 0 Å². The Bertz CT molecular complexity index is 1580. The summed E-state index contributed by atoms with van der Waals surface area (Å²) < 4.78 is 29.3. The molecule has 1 aliphatic rings. The summed E-state index contributed by atoms with van der Waals surface area (Å²) in [7, 11) is -4.19. The minimum atomic E-state index is -4.19. The summed E-state index contributed by atoms with van der Waals surface area (Å²) in [5.74, 6) is -0.826. The number of hydrogen-bond donors (Lipinski definition) is 1. The maximum Gasteiger partial charge on any atom is 0.264 e. The molecule has 11 heteroatoms. The average Bonchev–Trinajstić information content (AvgIpc) is 3.46. The van der Waals surface area contributed by atoms with Gasteiger partial charge < -0.3 is 10.2 Å². The van der Waals surface area contributed by atoms with Gasteiger partial charge in [-0.25, -0.2) is 8.42 Å². The predicted molar refractivity (Wildman–Crippen MR) is 173 cm³/mol. The topological polar surface area (TPSA) is 86.8 Å². The van der Waals surface area contributed by atoms with Gasteiger partial charge in [0, 0.05) is 27.7 Å². The summed E-state index contributed by atoms with van der Waals surface area (Å²) in [6.07, 6.45) is 4.17. The minimum Gasteiger partial charge on any atom is -0.352 e. The zero-order chi connectivity index (χ0) is 31.3. The summed E-state index contributed by atoms with van der Waals surface area (Å²) in [6, 6.07) is 15.4. The number of aryl methyl sites for hydroxylation is 2. The molecule has 0 saturated heterocycles. The van der Waals surface area contributed by atoms with Gasteiger partial charge in [0.2, 0.25) is 11.8 Å². The Hall–Kier alpha value is -2.78. The van der Waals surface area contributed by atoms with Crippen molar-refractivity contribution in [3.63, 3.8) is 0 Å². The molecule has 0 spiro atoms. The van der Waals surface area contributed by atoms with Gasteiger partial charge >= 0.3 is 0 Å². The second-order valence-electron chi connectivity index (χ2n) is 10.9. The third-order valence-corrected chi connectivity index (χ3v) is 10.4. The van der Waals surface area contributed by atoms with Crippen molar-refractivity contribution in [2.45, 2.75) is 76.4 Å². The SMILES string of the molecule is CC[C@@H](C(=O)NC1CCCC1)N(Cc1ccc(Cl)cc1Cl)C(=O)CN(c1ccc(Cl)cc1C)S(=O)(=O)c1ccc(C)cc1. The van der Waals surface area contributed by atoms with Crippen molar-refractivity contribution in [2.75, 3.05) is 10.8 Å². The Morgan fingerprint density at radius 3 is 2.16 bits per heavy atom. The first kappa shape index (κ1) is 33.1. The summed E-state index contributed by atoms with van der Waals surface area (Å²) >= 11 is 18.8. The maximum atomic E-state index is 14.3. The van der Waals surface area contributed by atoms with Crippen molar-refractivity contribution in [2.24, 2.45) is 0 Å². The Balaban J connectivity index is 1.76. The molecular formula is C32H36Cl3N3O4S. The highest BCUT2D eigenvalue weighted by Crippen LogP contribution is 2.30. The van der Waals surface area contributed by atoms with Gasteiger partial charge in [0.05, 0.1) is 10.6 Å². The number of rotatable bonds is 11. The Morgan fingerprint density at radius 2 is 1.56 bits per heavy atom. The van der Waals surface area contributed by atoms with Crippen molar-refractivity contribution >= 4 is 62.3 Å². The normalized spacial score (nSPS) is 14.4. The van der Waals surface area contributed by atoms with E-state index < -0.39 is 28.5 Å². The monoisotopic (exact) mass is 663 g/mol. The van der Waals surface area contributed by atoms with Gasteiger partial charge in [-0.05, 0) is 86.7 Å². The van der Waals surface area contributed by atoms with E-state index in [9.17, 15) is 18.0 Å². The molecule has 4 rings (SSSR count). The van der Waals surface area contributed by atoms with Gasteiger partial charge in [0.1, 0.15) is 12.6 Å². The highest BCUT2D eigenvalue weighted by atomic mass is 35.5. The molecule has 3 aromatic rings. The summed E-state index contributed by atoms with van der Waals surface area (Å²) in [6.45, 7) is 4.87. The fourth-order valence-corrected chi connectivity index (χ4v) is 7.54. The molecule has 1 saturated carbocycles. The number of carbonyl (C=O) groups is 2. The van der Waals surface area contributed by atoms with Gasteiger partial charge in [-0.3, -0.25) is 13.9 Å². The van der Waals surface area contributed by atoms with Crippen LogP contribution in [-0.2, 0) is 26.2 Å². The van der Waals surface area contributed by atoms with Crippen LogP contribution in [0.15, 0.2) is 65.6 Å². The lowest BCUT2D eigenvalue weighted by molar-refractivity contribution is -0.140. The van der Waals surface area contributed by atoms with Crippen molar-refractivity contribution < 1.29 is 18.0 Å². The van der Waals surface area contributed by atoms with Crippen LogP contribution in [0.4, 0.5) is 5.69 Å². The highest BCUT2D eigenvalue weighted by molar-refractivity contribution is 7.92. The molecule has 1 aliphatic carbocycles. The van der Waals surface area contributed by atoms with Gasteiger partial charge in [0.15, 0.2) is 0 Å². The first-order valence-electron chi connectivity index (χ1n) is 14.3. The second-order valence-corrected chi connectivity index (χ2v) is 14.1. The van der Waals surface area contributed by atoms with E-state index in [1.807, 2.05) is 13.8 Å². The Kier molecular flexibility index (Phi) is 11.0. The van der Waals surface area contributed by atoms with Crippen LogP contribution in [0.25, 0.3) is 0 Å². The average molecular weight is 665 g/mol. The lowest BCUT2D eigenvalue weighted by Crippen LogP contribution is -2.53. The van der Waals surface area contributed by atoms with E-state index in [1.54, 1.807) is 55.5 Å². The Morgan fingerprint density at radius 1 is 0.930 bits per heavy atom. The van der Waals surface area contributed by atoms with Crippen molar-refractivity contribution in [1.82, 2.24) is 10.2 Å². The standard InChI is InChI=1S/C32H36Cl3N3O4S/c1-4-29(32(40)36-26-7-5-6-8-26)37(19-23-11-12-25(34)18-28(23)35)31(39)20-38(30-16-13-24(33)17-22(30)3)43(41,42)27-14-9-21(2)10-15-27/h9-18,26,29H,4-8,19-20H2,1-3H3,(H,36,40)/t29-/m0/s1. The molecule has 1 N–H and O–H groups in total. The summed E-state index contributed by atoms with van der Waals surface area (Å²) in [4.78, 5) is 29.4. The van der Waals surface area contributed by atoms with E-state index in [2.05, 4.69) is 5.32 Å². The van der Waals surface area contributed by atoms with Crippen LogP contribution in [0.1, 0.15) is 55.7 Å². The van der Waals surface area contributed by atoms with Crippen molar-refractivity contribution in [1.29, 1.82) is 0 Å². The van der Waals surface area contributed by atoms with Gasteiger partial charge in [-0.2, -0.15) is 0 Å². The number of amides is 2. The van der Waals surface area contributed by atoms with Crippen LogP contribution in [0, 0.1) is 13.8 Å². The molecule has 0 bridgehead atoms. The number of sulfonamides is 1. The van der Waals surface area contributed by atoms with E-state index in [-0.39, 0.29) is 23.4 Å². The van der Waals surface area contributed by atoms with E-state index in [4.69, 9.17) is 34.8 Å². The zero-order valence-electron chi connectivity index (χ0n) is 24.4. The molecule has 230 valence electrons. The molecule has 0 aromatic heterocycles. The minimum absolute atomic E-state index is 0.0105. The number of hydrogen-bond acceptors (Lipinski definition) is 4. The van der Waals surface area contributed by atoms with Crippen LogP contribution in [0.2, 0.25) is 15.1 Å². The van der Waals surface area contributed by atoms with E-state index in [1.165, 1.54) is 17.0 Å². The molecule has 0 heterocycles. The number of nitrogens with zero attached hydrogens (tertiary/aromatic N) is 2. The number of carbonyl (C=O) groups excluding carboxylic acids is 2. The van der Waals surface area contributed by atoms with Crippen LogP contribution >= 0.6 is 34.8 Å². The van der Waals surface area contributed by atoms with Crippen LogP contribution in [0.5, 0.6) is 0 Å². The van der Waals surface area contributed by atoms with Crippen LogP contribution < -0.4 is 9.62 Å². The smallest absolute Gasteiger partial charge is 0.264 e.